The molecule has 0 radical (unpaired) electrons. The molecule has 0 aliphatic heterocycles. The summed E-state index contributed by atoms with van der Waals surface area (Å²) in [5.74, 6) is 0. The molecule has 0 saturated carbocycles. The molecule has 7 heterocycles. The van der Waals surface area contributed by atoms with Crippen LogP contribution in [0.3, 0.4) is 0 Å². The van der Waals surface area contributed by atoms with E-state index in [0.29, 0.717) is 0 Å². The van der Waals surface area contributed by atoms with Crippen molar-refractivity contribution < 1.29 is 4.42 Å². The van der Waals surface area contributed by atoms with Gasteiger partial charge in [-0.3, -0.25) is 15.0 Å². The minimum absolute atomic E-state index is 0.804. The first-order valence-corrected chi connectivity index (χ1v) is 26.1. The van der Waals surface area contributed by atoms with Crippen molar-refractivity contribution in [3.05, 3.63) is 201 Å². The summed E-state index contributed by atoms with van der Waals surface area (Å²) in [5.41, 5.74) is 6.09. The highest BCUT2D eigenvalue weighted by molar-refractivity contribution is 7.33. The van der Waals surface area contributed by atoms with Crippen LogP contribution in [-0.2, 0) is 0 Å². The van der Waals surface area contributed by atoms with Crippen LogP contribution in [0.2, 0.25) is 0 Å². The third-order valence-corrected chi connectivity index (χ3v) is 21.9. The molecule has 4 nitrogen and oxygen atoms in total. The Bertz CT molecular complexity index is 3940. The van der Waals surface area contributed by atoms with Crippen molar-refractivity contribution in [2.24, 2.45) is 0 Å². The van der Waals surface area contributed by atoms with Crippen LogP contribution in [0.25, 0.3) is 105 Å². The molecule has 65 heavy (non-hydrogen) atoms. The van der Waals surface area contributed by atoms with Crippen LogP contribution in [0.1, 0.15) is 0 Å². The van der Waals surface area contributed by atoms with E-state index in [1.54, 1.807) is 0 Å². The highest BCUT2D eigenvalue weighted by Crippen LogP contribution is 2.46. The Morgan fingerprint density at radius 2 is 0.800 bits per heavy atom. The highest BCUT2D eigenvalue weighted by Gasteiger charge is 2.47. The molecule has 0 aliphatic carbocycles. The van der Waals surface area contributed by atoms with Crippen LogP contribution in [0.4, 0.5) is 0 Å². The molecule has 0 spiro atoms. The number of aromatic nitrogens is 3. The van der Waals surface area contributed by atoms with E-state index in [2.05, 4.69) is 170 Å². The fourth-order valence-corrected chi connectivity index (χ4v) is 19.8. The smallest absolute Gasteiger partial charge is 0.227 e. The zero-order chi connectivity index (χ0) is 42.6. The molecule has 0 atom stereocenters. The molecule has 0 unspecified atom stereocenters. The lowest BCUT2D eigenvalue weighted by molar-refractivity contribution is 0.668. The van der Waals surface area contributed by atoms with Crippen molar-refractivity contribution in [3.8, 4) is 22.4 Å². The van der Waals surface area contributed by atoms with E-state index in [0.717, 1.165) is 48.5 Å². The second-order valence-electron chi connectivity index (χ2n) is 16.5. The van der Waals surface area contributed by atoms with E-state index < -0.39 is 8.07 Å². The maximum absolute atomic E-state index is 6.58. The van der Waals surface area contributed by atoms with Crippen molar-refractivity contribution in [2.45, 2.75) is 0 Å². The summed E-state index contributed by atoms with van der Waals surface area (Å²) in [5, 5.41) is 14.3. The molecule has 14 rings (SSSR count). The summed E-state index contributed by atoms with van der Waals surface area (Å²) < 4.78 is 14.0. The Labute approximate surface area is 385 Å². The lowest BCUT2D eigenvalue weighted by atomic mass is 10.0. The third kappa shape index (κ3) is 5.31. The van der Waals surface area contributed by atoms with Gasteiger partial charge < -0.3 is 4.42 Å². The van der Waals surface area contributed by atoms with Crippen molar-refractivity contribution in [1.29, 1.82) is 0 Å². The average molecular weight is 900 g/mol. The first-order valence-electron chi connectivity index (χ1n) is 21.7. The molecule has 14 aromatic rings. The van der Waals surface area contributed by atoms with E-state index in [4.69, 9.17) is 19.4 Å². The van der Waals surface area contributed by atoms with Crippen LogP contribution in [0.15, 0.2) is 205 Å². The Hall–Kier alpha value is -7.33. The number of hydrogen-bond donors (Lipinski definition) is 0. The Kier molecular flexibility index (Phi) is 8.18. The average Bonchev–Trinajstić information content (AvgIpc) is 4.16. The molecule has 0 aliphatic rings. The summed E-state index contributed by atoms with van der Waals surface area (Å²) in [7, 11) is -3.31. The normalized spacial score (nSPS) is 12.3. The minimum Gasteiger partial charge on any atom is -0.454 e. The predicted octanol–water partition coefficient (Wildman–Crippen LogP) is 13.6. The van der Waals surface area contributed by atoms with E-state index in [9.17, 15) is 0 Å². The molecule has 0 amide bonds. The number of pyridine rings is 3. The van der Waals surface area contributed by atoms with Crippen molar-refractivity contribution in [1.82, 2.24) is 15.0 Å². The van der Waals surface area contributed by atoms with Crippen LogP contribution in [0, 0.1) is 0 Å². The van der Waals surface area contributed by atoms with Crippen molar-refractivity contribution >= 4 is 146 Å². The van der Waals surface area contributed by atoms with Gasteiger partial charge in [0.2, 0.25) is 8.07 Å². The minimum atomic E-state index is -3.31. The number of thiophene rings is 3. The van der Waals surface area contributed by atoms with Crippen LogP contribution < -0.4 is 21.0 Å². The van der Waals surface area contributed by atoms with Crippen LogP contribution in [0.5, 0.6) is 0 Å². The van der Waals surface area contributed by atoms with Gasteiger partial charge in [-0.25, -0.2) is 0 Å². The van der Waals surface area contributed by atoms with E-state index in [-0.39, 0.29) is 0 Å². The first-order chi connectivity index (χ1) is 32.3. The number of furan rings is 1. The Morgan fingerprint density at radius 1 is 0.338 bits per heavy atom. The van der Waals surface area contributed by atoms with E-state index in [1.807, 2.05) is 64.7 Å². The Morgan fingerprint density at radius 3 is 1.45 bits per heavy atom. The third-order valence-electron chi connectivity index (χ3n) is 13.2. The maximum Gasteiger partial charge on any atom is 0.227 e. The molecule has 7 aromatic carbocycles. The second kappa shape index (κ2) is 14.3. The van der Waals surface area contributed by atoms with Crippen LogP contribution >= 0.6 is 34.0 Å². The zero-order valence-electron chi connectivity index (χ0n) is 34.5. The summed E-state index contributed by atoms with van der Waals surface area (Å²) in [4.78, 5) is 16.2. The summed E-state index contributed by atoms with van der Waals surface area (Å²) in [6.07, 6.45) is 5.98. The number of nitrogens with zero attached hydrogens (tertiary/aromatic N) is 3. The standard InChI is InChI=1S/C57H33N3OS3Si/c1-3-14-34(15-4-1)65(35-16-5-2-6-17-35,56-54-44(29-32-59-56)42-23-12-22-41(52(42)63-54)40-21-11-20-39-37-19-8-10-27-48(37)62-51(39)40)57-55-45(30-33-60-57)43-24-13-25-46(53(43)64-55)49-50-38(28-31-58-49)36-18-7-9-26-47(36)61-50/h1-33H. The lowest BCUT2D eigenvalue weighted by Gasteiger charge is -2.32. The van der Waals surface area contributed by atoms with E-state index >= 15 is 0 Å². The van der Waals surface area contributed by atoms with Gasteiger partial charge in [0.25, 0.3) is 0 Å². The van der Waals surface area contributed by atoms with Gasteiger partial charge in [0, 0.05) is 97.2 Å². The maximum atomic E-state index is 6.58. The molecular weight excluding hydrogens is 867 g/mol. The fraction of sp³-hybridized carbons (Fsp3) is 0. The zero-order valence-corrected chi connectivity index (χ0v) is 38.0. The van der Waals surface area contributed by atoms with Crippen LogP contribution in [-0.4, -0.2) is 23.0 Å². The van der Waals surface area contributed by atoms with Gasteiger partial charge in [-0.05, 0) is 40.7 Å². The van der Waals surface area contributed by atoms with E-state index in [1.165, 1.54) is 77.3 Å². The monoisotopic (exact) mass is 899 g/mol. The molecule has 0 bridgehead atoms. The second-order valence-corrected chi connectivity index (χ2v) is 23.2. The van der Waals surface area contributed by atoms with Gasteiger partial charge in [-0.1, -0.05) is 152 Å². The number of para-hydroxylation sites is 1. The van der Waals surface area contributed by atoms with Gasteiger partial charge in [-0.2, -0.15) is 0 Å². The molecule has 0 N–H and O–H groups in total. The topological polar surface area (TPSA) is 51.8 Å². The molecule has 0 saturated heterocycles. The van der Waals surface area contributed by atoms with Gasteiger partial charge in [-0.15, -0.1) is 34.0 Å². The first kappa shape index (κ1) is 37.1. The largest absolute Gasteiger partial charge is 0.454 e. The summed E-state index contributed by atoms with van der Waals surface area (Å²) in [6.45, 7) is 0. The quantitative estimate of drug-likeness (QED) is 0.156. The van der Waals surface area contributed by atoms with Gasteiger partial charge in [0.1, 0.15) is 11.3 Å². The Balaban J connectivity index is 1.07. The fourth-order valence-electron chi connectivity index (χ4n) is 10.4. The lowest BCUT2D eigenvalue weighted by Crippen LogP contribution is -2.76. The highest BCUT2D eigenvalue weighted by atomic mass is 32.1. The number of fused-ring (bicyclic) bond motifs is 12. The molecular formula is C57H33N3OS3Si. The number of benzene rings is 7. The summed E-state index contributed by atoms with van der Waals surface area (Å²) >= 11 is 5.58. The van der Waals surface area contributed by atoms with Crippen molar-refractivity contribution in [2.75, 3.05) is 0 Å². The number of hydrogen-bond acceptors (Lipinski definition) is 7. The SMILES string of the molecule is c1ccc([Si](c2ccccc2)(c2nccc3c2sc2c(-c4nccc5c4oc4ccccc45)cccc23)c2nccc3c2sc2c(-c4cccc5c4sc4ccccc45)cccc23)cc1. The number of rotatable bonds is 6. The predicted molar refractivity (Wildman–Crippen MR) is 280 cm³/mol. The van der Waals surface area contributed by atoms with Crippen molar-refractivity contribution in [3.63, 3.8) is 0 Å². The molecule has 304 valence electrons. The van der Waals surface area contributed by atoms with Gasteiger partial charge >= 0.3 is 0 Å². The molecule has 8 heteroatoms. The summed E-state index contributed by atoms with van der Waals surface area (Å²) in [6, 6.07) is 65.9. The molecule has 7 aromatic heterocycles. The van der Waals surface area contributed by atoms with Gasteiger partial charge in [0.15, 0.2) is 5.58 Å². The molecule has 0 fully saturated rings. The van der Waals surface area contributed by atoms with Gasteiger partial charge in [0.05, 0.1) is 20.0 Å².